The van der Waals surface area contributed by atoms with Gasteiger partial charge in [0.15, 0.2) is 0 Å². The summed E-state index contributed by atoms with van der Waals surface area (Å²) >= 11 is 0. The number of aliphatic hydroxyl groups is 1. The van der Waals surface area contributed by atoms with Crippen molar-refractivity contribution in [3.8, 4) is 5.75 Å². The molecule has 0 radical (unpaired) electrons. The molecule has 2 atom stereocenters. The highest BCUT2D eigenvalue weighted by molar-refractivity contribution is 5.27. The van der Waals surface area contributed by atoms with E-state index in [2.05, 4.69) is 36.3 Å². The highest BCUT2D eigenvalue weighted by Crippen LogP contribution is 2.12. The van der Waals surface area contributed by atoms with E-state index in [0.717, 1.165) is 31.7 Å². The molecule has 0 aliphatic carbocycles. The number of hydrogen-bond acceptors (Lipinski definition) is 4. The molecule has 1 fully saturated rings. The van der Waals surface area contributed by atoms with Gasteiger partial charge in [-0.3, -0.25) is 0 Å². The summed E-state index contributed by atoms with van der Waals surface area (Å²) in [6, 6.07) is 8.55. The van der Waals surface area contributed by atoms with Gasteiger partial charge in [0.25, 0.3) is 0 Å². The van der Waals surface area contributed by atoms with E-state index in [9.17, 15) is 5.11 Å². The third-order valence-corrected chi connectivity index (χ3v) is 3.81. The lowest BCUT2D eigenvalue weighted by Gasteiger charge is -2.17. The van der Waals surface area contributed by atoms with Crippen LogP contribution in [-0.4, -0.2) is 55.4 Å². The lowest BCUT2D eigenvalue weighted by Crippen LogP contribution is -2.39. The summed E-state index contributed by atoms with van der Waals surface area (Å²) in [6.07, 6.45) is 1.72. The van der Waals surface area contributed by atoms with Crippen LogP contribution in [0.25, 0.3) is 0 Å². The maximum atomic E-state index is 9.94. The molecule has 0 spiro atoms. The van der Waals surface area contributed by atoms with Crippen molar-refractivity contribution in [3.63, 3.8) is 0 Å². The third kappa shape index (κ3) is 4.78. The van der Waals surface area contributed by atoms with Crippen LogP contribution in [0.3, 0.4) is 0 Å². The van der Waals surface area contributed by atoms with Crippen molar-refractivity contribution < 1.29 is 9.84 Å². The SMILES string of the molecule is CCc1ccc(OCC(O)CNC2CCN(C)C2)cc1. The lowest BCUT2D eigenvalue weighted by atomic mass is 10.2. The molecule has 4 nitrogen and oxygen atoms in total. The van der Waals surface area contributed by atoms with Crippen molar-refractivity contribution in [1.29, 1.82) is 0 Å². The smallest absolute Gasteiger partial charge is 0.119 e. The van der Waals surface area contributed by atoms with E-state index < -0.39 is 6.10 Å². The summed E-state index contributed by atoms with van der Waals surface area (Å²) in [5, 5.41) is 13.3. The number of nitrogens with zero attached hydrogens (tertiary/aromatic N) is 1. The topological polar surface area (TPSA) is 44.7 Å². The summed E-state index contributed by atoms with van der Waals surface area (Å²) in [7, 11) is 2.13. The fourth-order valence-electron chi connectivity index (χ4n) is 2.48. The van der Waals surface area contributed by atoms with E-state index in [1.54, 1.807) is 0 Å². The maximum absolute atomic E-state index is 9.94. The van der Waals surface area contributed by atoms with Gasteiger partial charge in [0.05, 0.1) is 0 Å². The summed E-state index contributed by atoms with van der Waals surface area (Å²) in [6.45, 7) is 5.25. The van der Waals surface area contributed by atoms with Crippen LogP contribution in [0, 0.1) is 0 Å². The van der Waals surface area contributed by atoms with E-state index in [4.69, 9.17) is 4.74 Å². The van der Waals surface area contributed by atoms with Crippen molar-refractivity contribution in [2.45, 2.75) is 31.9 Å². The van der Waals surface area contributed by atoms with Crippen LogP contribution >= 0.6 is 0 Å². The Balaban J connectivity index is 1.65. The highest BCUT2D eigenvalue weighted by Gasteiger charge is 2.19. The van der Waals surface area contributed by atoms with Crippen LogP contribution in [0.2, 0.25) is 0 Å². The second-order valence-electron chi connectivity index (χ2n) is 5.62. The number of ether oxygens (including phenoxy) is 1. The van der Waals surface area contributed by atoms with E-state index in [1.165, 1.54) is 5.56 Å². The monoisotopic (exact) mass is 278 g/mol. The lowest BCUT2D eigenvalue weighted by molar-refractivity contribution is 0.104. The number of likely N-dealkylation sites (N-methyl/N-ethyl adjacent to an activating group) is 1. The van der Waals surface area contributed by atoms with Crippen LogP contribution in [0.15, 0.2) is 24.3 Å². The van der Waals surface area contributed by atoms with Gasteiger partial charge in [-0.25, -0.2) is 0 Å². The Morgan fingerprint density at radius 2 is 2.15 bits per heavy atom. The fraction of sp³-hybridized carbons (Fsp3) is 0.625. The summed E-state index contributed by atoms with van der Waals surface area (Å²) in [5.74, 6) is 0.821. The molecule has 2 rings (SSSR count). The van der Waals surface area contributed by atoms with Gasteiger partial charge in [-0.05, 0) is 44.1 Å². The summed E-state index contributed by atoms with van der Waals surface area (Å²) in [5.41, 5.74) is 1.30. The average Bonchev–Trinajstić information content (AvgIpc) is 2.89. The molecule has 0 saturated carbocycles. The number of aryl methyl sites for hydroxylation is 1. The third-order valence-electron chi connectivity index (χ3n) is 3.81. The first-order chi connectivity index (χ1) is 9.67. The van der Waals surface area contributed by atoms with Crippen LogP contribution in [0.4, 0.5) is 0 Å². The zero-order valence-corrected chi connectivity index (χ0v) is 12.5. The first-order valence-corrected chi connectivity index (χ1v) is 7.49. The van der Waals surface area contributed by atoms with Gasteiger partial charge in [-0.2, -0.15) is 0 Å². The molecule has 20 heavy (non-hydrogen) atoms. The van der Waals surface area contributed by atoms with Crippen molar-refractivity contribution >= 4 is 0 Å². The molecule has 0 bridgehead atoms. The first kappa shape index (κ1) is 15.3. The van der Waals surface area contributed by atoms with Crippen LogP contribution in [0.1, 0.15) is 18.9 Å². The molecular weight excluding hydrogens is 252 g/mol. The van der Waals surface area contributed by atoms with Gasteiger partial charge < -0.3 is 20.1 Å². The van der Waals surface area contributed by atoms with Crippen molar-refractivity contribution in [2.75, 3.05) is 33.3 Å². The molecular formula is C16H26N2O2. The van der Waals surface area contributed by atoms with Gasteiger partial charge in [0.1, 0.15) is 18.5 Å². The Morgan fingerprint density at radius 3 is 2.75 bits per heavy atom. The molecule has 112 valence electrons. The van der Waals surface area contributed by atoms with E-state index in [0.29, 0.717) is 19.2 Å². The molecule has 1 saturated heterocycles. The minimum Gasteiger partial charge on any atom is -0.491 e. The number of hydrogen-bond donors (Lipinski definition) is 2. The predicted octanol–water partition coefficient (Wildman–Crippen LogP) is 1.28. The molecule has 0 aromatic heterocycles. The van der Waals surface area contributed by atoms with E-state index in [-0.39, 0.29) is 0 Å². The van der Waals surface area contributed by atoms with E-state index >= 15 is 0 Å². The molecule has 1 aliphatic rings. The number of nitrogens with one attached hydrogen (secondary N) is 1. The number of likely N-dealkylation sites (tertiary alicyclic amines) is 1. The Morgan fingerprint density at radius 1 is 1.40 bits per heavy atom. The fourth-order valence-corrected chi connectivity index (χ4v) is 2.48. The highest BCUT2D eigenvalue weighted by atomic mass is 16.5. The van der Waals surface area contributed by atoms with Crippen LogP contribution < -0.4 is 10.1 Å². The molecule has 2 N–H and O–H groups in total. The molecule has 1 aliphatic heterocycles. The van der Waals surface area contributed by atoms with Crippen LogP contribution in [0.5, 0.6) is 5.75 Å². The molecule has 4 heteroatoms. The molecule has 1 heterocycles. The first-order valence-electron chi connectivity index (χ1n) is 7.49. The minimum absolute atomic E-state index is 0.334. The Kier molecular flexibility index (Phi) is 5.83. The largest absolute Gasteiger partial charge is 0.491 e. The van der Waals surface area contributed by atoms with Crippen LogP contribution in [-0.2, 0) is 6.42 Å². The number of aliphatic hydroxyl groups excluding tert-OH is 1. The van der Waals surface area contributed by atoms with Crippen molar-refractivity contribution in [2.24, 2.45) is 0 Å². The quantitative estimate of drug-likeness (QED) is 0.789. The zero-order valence-electron chi connectivity index (χ0n) is 12.5. The average molecular weight is 278 g/mol. The molecule has 2 unspecified atom stereocenters. The van der Waals surface area contributed by atoms with Gasteiger partial charge in [-0.15, -0.1) is 0 Å². The Bertz CT molecular complexity index is 394. The predicted molar refractivity (Wildman–Crippen MR) is 81.2 cm³/mol. The Hall–Kier alpha value is -1.10. The van der Waals surface area contributed by atoms with Gasteiger partial charge in [-0.1, -0.05) is 19.1 Å². The number of rotatable bonds is 7. The van der Waals surface area contributed by atoms with Gasteiger partial charge in [0, 0.05) is 19.1 Å². The Labute approximate surface area is 121 Å². The number of benzene rings is 1. The second kappa shape index (κ2) is 7.62. The molecule has 1 aromatic rings. The summed E-state index contributed by atoms with van der Waals surface area (Å²) < 4.78 is 5.60. The summed E-state index contributed by atoms with van der Waals surface area (Å²) in [4.78, 5) is 2.30. The second-order valence-corrected chi connectivity index (χ2v) is 5.62. The van der Waals surface area contributed by atoms with Crippen molar-refractivity contribution in [3.05, 3.63) is 29.8 Å². The maximum Gasteiger partial charge on any atom is 0.119 e. The van der Waals surface area contributed by atoms with E-state index in [1.807, 2.05) is 12.1 Å². The molecule has 0 amide bonds. The van der Waals surface area contributed by atoms with Gasteiger partial charge >= 0.3 is 0 Å². The molecule has 1 aromatic carbocycles. The normalized spacial score (nSPS) is 21.1. The van der Waals surface area contributed by atoms with Gasteiger partial charge in [0.2, 0.25) is 0 Å². The standard InChI is InChI=1S/C16H26N2O2/c1-3-13-4-6-16(7-5-13)20-12-15(19)10-17-14-8-9-18(2)11-14/h4-7,14-15,17,19H,3,8-12H2,1-2H3. The van der Waals surface area contributed by atoms with Crippen molar-refractivity contribution in [1.82, 2.24) is 10.2 Å². The minimum atomic E-state index is -0.466. The zero-order chi connectivity index (χ0) is 14.4.